The van der Waals surface area contributed by atoms with Crippen molar-refractivity contribution in [1.82, 2.24) is 0 Å². The van der Waals surface area contributed by atoms with Gasteiger partial charge in [-0.2, -0.15) is 0 Å². The third kappa shape index (κ3) is 31.7. The minimum absolute atomic E-state index is 0.156. The van der Waals surface area contributed by atoms with Crippen LogP contribution in [0.5, 0.6) is 0 Å². The van der Waals surface area contributed by atoms with Crippen molar-refractivity contribution in [3.63, 3.8) is 0 Å². The number of hydrogen-bond acceptors (Lipinski definition) is 3. The van der Waals surface area contributed by atoms with Crippen LogP contribution in [0.25, 0.3) is 0 Å². The Hall–Kier alpha value is -0.380. The normalized spacial score (nSPS) is 8.27. The molecule has 0 rings (SSSR count). The van der Waals surface area contributed by atoms with Crippen molar-refractivity contribution in [2.75, 3.05) is 34.5 Å². The molecule has 0 atom stereocenters. The van der Waals surface area contributed by atoms with E-state index >= 15 is 0 Å². The Balaban J connectivity index is -0.0000000860. The van der Waals surface area contributed by atoms with E-state index in [9.17, 15) is 0 Å². The maximum atomic E-state index is 7.00. The van der Waals surface area contributed by atoms with Crippen LogP contribution in [0.3, 0.4) is 0 Å². The summed E-state index contributed by atoms with van der Waals surface area (Å²) >= 11 is 0. The van der Waals surface area contributed by atoms with Gasteiger partial charge in [-0.05, 0) is 0 Å². The second-order valence-corrected chi connectivity index (χ2v) is 3.03. The summed E-state index contributed by atoms with van der Waals surface area (Å²) in [6.45, 7) is 15.7. The number of methoxy groups -OCH3 is 2. The lowest BCUT2D eigenvalue weighted by Crippen LogP contribution is -2.23. The van der Waals surface area contributed by atoms with Crippen molar-refractivity contribution in [2.24, 2.45) is 5.41 Å². The number of aliphatic hydroxyl groups excluding tert-OH is 1. The van der Waals surface area contributed by atoms with Gasteiger partial charge in [-0.15, -0.1) is 13.2 Å². The molecule has 0 radical (unpaired) electrons. The topological polar surface area (TPSA) is 38.7 Å². The van der Waals surface area contributed by atoms with Gasteiger partial charge in [0.05, 0.1) is 13.2 Å². The fourth-order valence-corrected chi connectivity index (χ4v) is 0.823. The van der Waals surface area contributed by atoms with Crippen molar-refractivity contribution in [2.45, 2.75) is 27.7 Å². The van der Waals surface area contributed by atoms with Gasteiger partial charge in [-0.3, -0.25) is 0 Å². The van der Waals surface area contributed by atoms with E-state index < -0.39 is 0 Å². The molecule has 1 N–H and O–H groups in total. The lowest BCUT2D eigenvalue weighted by Gasteiger charge is -2.21. The molecule has 0 amide bonds. The van der Waals surface area contributed by atoms with E-state index in [2.05, 4.69) is 27.0 Å². The van der Waals surface area contributed by atoms with Crippen LogP contribution in [-0.2, 0) is 9.47 Å². The number of ether oxygens (including phenoxy) is 2. The van der Waals surface area contributed by atoms with Crippen LogP contribution in [0.2, 0.25) is 0 Å². The van der Waals surface area contributed by atoms with Gasteiger partial charge in [-0.25, -0.2) is 0 Å². The zero-order valence-corrected chi connectivity index (χ0v) is 11.6. The monoisotopic (exact) mass is 222 g/mol. The largest absolute Gasteiger partial charge is 0.400 e. The summed E-state index contributed by atoms with van der Waals surface area (Å²) in [5.41, 5.74) is 0.156. The van der Waals surface area contributed by atoms with E-state index in [1.165, 1.54) is 0 Å². The Morgan fingerprint density at radius 1 is 0.933 bits per heavy atom. The molecule has 96 valence electrons. The summed E-state index contributed by atoms with van der Waals surface area (Å²) in [4.78, 5) is 0. The Bertz CT molecular complexity index is 74.9. The minimum Gasteiger partial charge on any atom is -0.400 e. The van der Waals surface area contributed by atoms with Gasteiger partial charge < -0.3 is 14.6 Å². The van der Waals surface area contributed by atoms with Crippen LogP contribution in [0, 0.1) is 5.41 Å². The van der Waals surface area contributed by atoms with Crippen LogP contribution in [0.1, 0.15) is 27.7 Å². The molecule has 0 aliphatic heterocycles. The third-order valence-electron chi connectivity index (χ3n) is 1.07. The molecule has 0 unspecified atom stereocenters. The van der Waals surface area contributed by atoms with Crippen molar-refractivity contribution in [1.29, 1.82) is 0 Å². The van der Waals surface area contributed by atoms with E-state index in [4.69, 9.17) is 14.6 Å². The first-order valence-electron chi connectivity index (χ1n) is 5.05. The smallest absolute Gasteiger partial charge is 0.0535 e. The van der Waals surface area contributed by atoms with Crippen molar-refractivity contribution < 1.29 is 14.6 Å². The van der Waals surface area contributed by atoms with Crippen LogP contribution >= 0.6 is 0 Å². The van der Waals surface area contributed by atoms with Gasteiger partial charge >= 0.3 is 0 Å². The maximum Gasteiger partial charge on any atom is 0.0535 e. The van der Waals surface area contributed by atoms with Crippen LogP contribution < -0.4 is 0 Å². The third-order valence-corrected chi connectivity index (χ3v) is 1.07. The molecule has 0 saturated carbocycles. The molecule has 15 heavy (non-hydrogen) atoms. The standard InChI is InChI=1S/C7H16O2.C2H6.C2H4.CH4O/c1-7(2,5-8-3)6-9-4;3*1-2/h5-6H2,1-4H3;1-2H3;1-2H2;2H,1H3. The Morgan fingerprint density at radius 2 is 1.13 bits per heavy atom. The first-order chi connectivity index (χ1) is 7.12. The summed E-state index contributed by atoms with van der Waals surface area (Å²) in [6, 6.07) is 0. The second kappa shape index (κ2) is 23.4. The Kier molecular flexibility index (Phi) is 37.6. The molecule has 3 heteroatoms. The quantitative estimate of drug-likeness (QED) is 0.743. The molecule has 0 aromatic carbocycles. The lowest BCUT2D eigenvalue weighted by molar-refractivity contribution is 0.0341. The van der Waals surface area contributed by atoms with Crippen LogP contribution in [0.4, 0.5) is 0 Å². The van der Waals surface area contributed by atoms with E-state index in [1.807, 2.05) is 13.8 Å². The van der Waals surface area contributed by atoms with Crippen molar-refractivity contribution >= 4 is 0 Å². The predicted molar refractivity (Wildman–Crippen MR) is 68.3 cm³/mol. The molecule has 0 saturated heterocycles. The molecule has 3 nitrogen and oxygen atoms in total. The molecule has 0 fully saturated rings. The van der Waals surface area contributed by atoms with Gasteiger partial charge in [0.15, 0.2) is 0 Å². The van der Waals surface area contributed by atoms with Crippen LogP contribution in [0.15, 0.2) is 13.2 Å². The predicted octanol–water partition coefficient (Wildman–Crippen LogP) is 2.74. The highest BCUT2D eigenvalue weighted by Gasteiger charge is 2.16. The lowest BCUT2D eigenvalue weighted by atomic mass is 9.96. The van der Waals surface area contributed by atoms with Crippen LogP contribution in [-0.4, -0.2) is 39.6 Å². The summed E-state index contributed by atoms with van der Waals surface area (Å²) < 4.78 is 9.96. The van der Waals surface area contributed by atoms with Crippen molar-refractivity contribution in [3.05, 3.63) is 13.2 Å². The SMILES string of the molecule is C=C.CC.CO.COCC(C)(C)COC. The first kappa shape index (κ1) is 24.0. The van der Waals surface area contributed by atoms with Gasteiger partial charge in [0, 0.05) is 26.7 Å². The summed E-state index contributed by atoms with van der Waals surface area (Å²) in [5, 5.41) is 7.00. The Labute approximate surface area is 96.1 Å². The molecule has 0 heterocycles. The van der Waals surface area contributed by atoms with E-state index in [-0.39, 0.29) is 5.41 Å². The molecule has 0 spiro atoms. The highest BCUT2D eigenvalue weighted by molar-refractivity contribution is 4.65. The molecule has 0 aromatic heterocycles. The van der Waals surface area contributed by atoms with Gasteiger partial charge in [0.2, 0.25) is 0 Å². The van der Waals surface area contributed by atoms with Gasteiger partial charge in [-0.1, -0.05) is 27.7 Å². The zero-order valence-electron chi connectivity index (χ0n) is 11.6. The van der Waals surface area contributed by atoms with E-state index in [1.54, 1.807) is 14.2 Å². The Morgan fingerprint density at radius 3 is 1.27 bits per heavy atom. The minimum atomic E-state index is 0.156. The average Bonchev–Trinajstić information content (AvgIpc) is 2.26. The second-order valence-electron chi connectivity index (χ2n) is 3.03. The van der Waals surface area contributed by atoms with E-state index in [0.717, 1.165) is 20.3 Å². The summed E-state index contributed by atoms with van der Waals surface area (Å²) in [7, 11) is 4.41. The fraction of sp³-hybridized carbons (Fsp3) is 0.833. The number of hydrogen-bond donors (Lipinski definition) is 1. The molecule has 0 aromatic rings. The fourth-order valence-electron chi connectivity index (χ4n) is 0.823. The van der Waals surface area contributed by atoms with Crippen molar-refractivity contribution in [3.8, 4) is 0 Å². The highest BCUT2D eigenvalue weighted by Crippen LogP contribution is 2.14. The maximum absolute atomic E-state index is 7.00. The molecule has 0 aliphatic carbocycles. The van der Waals surface area contributed by atoms with Gasteiger partial charge in [0.1, 0.15) is 0 Å². The molecular formula is C12H30O3. The molecule has 0 bridgehead atoms. The number of aliphatic hydroxyl groups is 1. The zero-order chi connectivity index (χ0) is 13.3. The van der Waals surface area contributed by atoms with E-state index in [0.29, 0.717) is 0 Å². The molecule has 0 aliphatic rings. The highest BCUT2D eigenvalue weighted by atomic mass is 16.5. The molecular weight excluding hydrogens is 192 g/mol. The first-order valence-corrected chi connectivity index (χ1v) is 5.05. The summed E-state index contributed by atoms with van der Waals surface area (Å²) in [5.74, 6) is 0. The number of rotatable bonds is 4. The average molecular weight is 222 g/mol. The summed E-state index contributed by atoms with van der Waals surface area (Å²) in [6.07, 6.45) is 0. The van der Waals surface area contributed by atoms with Gasteiger partial charge in [0.25, 0.3) is 0 Å².